The van der Waals surface area contributed by atoms with E-state index in [4.69, 9.17) is 35.9 Å². The third-order valence-electron chi connectivity index (χ3n) is 6.75. The highest BCUT2D eigenvalue weighted by atomic mass is 32.1. The number of cyclic esters (lactones) is 1. The second kappa shape index (κ2) is 11.8. The molecule has 2 aliphatic heterocycles. The molecule has 2 amide bonds. The fourth-order valence-electron chi connectivity index (χ4n) is 4.58. The molecule has 0 N–H and O–H groups in total. The van der Waals surface area contributed by atoms with Gasteiger partial charge in [0, 0.05) is 38.8 Å². The fourth-order valence-corrected chi connectivity index (χ4v) is 4.70. The van der Waals surface area contributed by atoms with Gasteiger partial charge in [0.15, 0.2) is 17.7 Å². The number of anilines is 2. The van der Waals surface area contributed by atoms with Crippen molar-refractivity contribution in [3.05, 3.63) is 41.7 Å². The first-order valence-corrected chi connectivity index (χ1v) is 12.6. The van der Waals surface area contributed by atoms with Crippen molar-refractivity contribution < 1.29 is 37.7 Å². The van der Waals surface area contributed by atoms with E-state index in [0.29, 0.717) is 60.4 Å². The molecule has 2 aliphatic rings. The summed E-state index contributed by atoms with van der Waals surface area (Å²) in [5, 5.41) is 0.180. The number of ether oxygens (including phenoxy) is 5. The maximum Gasteiger partial charge on any atom is 0.416 e. The number of carbonyl (C=O) groups is 2. The number of piperazine rings is 1. The van der Waals surface area contributed by atoms with Crippen molar-refractivity contribution in [2.45, 2.75) is 6.23 Å². The molecule has 11 nitrogen and oxygen atoms in total. The van der Waals surface area contributed by atoms with Crippen LogP contribution in [0.4, 0.5) is 20.6 Å². The summed E-state index contributed by atoms with van der Waals surface area (Å²) >= 11 is 5.09. The summed E-state index contributed by atoms with van der Waals surface area (Å²) < 4.78 is 41.7. The zero-order valence-corrected chi connectivity index (χ0v) is 23.2. The number of nitrogens with zero attached hydrogens (tertiary/aromatic N) is 4. The van der Waals surface area contributed by atoms with Crippen LogP contribution in [0.15, 0.2) is 30.3 Å². The zero-order chi connectivity index (χ0) is 28.3. The van der Waals surface area contributed by atoms with Crippen LogP contribution in [0.2, 0.25) is 0 Å². The summed E-state index contributed by atoms with van der Waals surface area (Å²) in [7, 11) is 7.57. The van der Waals surface area contributed by atoms with E-state index >= 15 is 4.39 Å². The van der Waals surface area contributed by atoms with Gasteiger partial charge in [-0.2, -0.15) is 0 Å². The molecule has 2 saturated heterocycles. The minimum absolute atomic E-state index is 0.166. The molecule has 0 bridgehead atoms. The van der Waals surface area contributed by atoms with Gasteiger partial charge >= 0.3 is 6.09 Å². The van der Waals surface area contributed by atoms with Gasteiger partial charge in [0.25, 0.3) is 11.1 Å². The van der Waals surface area contributed by atoms with Crippen molar-refractivity contribution in [2.75, 3.05) is 78.0 Å². The van der Waals surface area contributed by atoms with Crippen LogP contribution in [0.25, 0.3) is 0 Å². The van der Waals surface area contributed by atoms with Gasteiger partial charge in [0.2, 0.25) is 5.75 Å². The SMILES string of the molecule is COC(=S)N(C)C1CN(c2ccc(N3CCN(C(=O)c4cc(OC)c(OC)c(OC)c4)CC3)c(F)c2)C(=O)O1. The zero-order valence-electron chi connectivity index (χ0n) is 22.4. The van der Waals surface area contributed by atoms with Gasteiger partial charge in [0.05, 0.1) is 46.4 Å². The number of benzene rings is 2. The van der Waals surface area contributed by atoms with Crippen LogP contribution in [-0.2, 0) is 9.47 Å². The van der Waals surface area contributed by atoms with Gasteiger partial charge in [-0.25, -0.2) is 9.18 Å². The minimum Gasteiger partial charge on any atom is -0.493 e. The molecule has 0 aliphatic carbocycles. The Morgan fingerprint density at radius 3 is 2.21 bits per heavy atom. The molecular formula is C26H31FN4O7S. The van der Waals surface area contributed by atoms with Crippen LogP contribution >= 0.6 is 12.2 Å². The molecule has 0 spiro atoms. The lowest BCUT2D eigenvalue weighted by Gasteiger charge is -2.36. The second-order valence-electron chi connectivity index (χ2n) is 8.86. The highest BCUT2D eigenvalue weighted by Crippen LogP contribution is 2.38. The predicted octanol–water partition coefficient (Wildman–Crippen LogP) is 2.96. The summed E-state index contributed by atoms with van der Waals surface area (Å²) in [5.74, 6) is 0.520. The van der Waals surface area contributed by atoms with E-state index in [-0.39, 0.29) is 17.6 Å². The molecule has 0 aromatic heterocycles. The number of amides is 2. The summed E-state index contributed by atoms with van der Waals surface area (Å²) in [6.45, 7) is 1.81. The average Bonchev–Trinajstić information content (AvgIpc) is 3.36. The van der Waals surface area contributed by atoms with Crippen molar-refractivity contribution in [1.29, 1.82) is 0 Å². The van der Waals surface area contributed by atoms with Crippen LogP contribution < -0.4 is 24.0 Å². The van der Waals surface area contributed by atoms with Crippen molar-refractivity contribution in [1.82, 2.24) is 9.80 Å². The molecule has 2 aromatic rings. The van der Waals surface area contributed by atoms with Crippen LogP contribution in [0, 0.1) is 5.82 Å². The summed E-state index contributed by atoms with van der Waals surface area (Å²) in [4.78, 5) is 32.1. The Bertz CT molecular complexity index is 1230. The lowest BCUT2D eigenvalue weighted by atomic mass is 10.1. The third-order valence-corrected chi connectivity index (χ3v) is 7.21. The lowest BCUT2D eigenvalue weighted by molar-refractivity contribution is 0.0677. The molecule has 1 unspecified atom stereocenters. The Balaban J connectivity index is 1.42. The number of hydrogen-bond donors (Lipinski definition) is 0. The maximum atomic E-state index is 15.2. The Labute approximate surface area is 231 Å². The van der Waals surface area contributed by atoms with E-state index in [0.717, 1.165) is 0 Å². The normalized spacial score (nSPS) is 17.0. The first-order valence-electron chi connectivity index (χ1n) is 12.1. The minimum atomic E-state index is -0.649. The lowest BCUT2D eigenvalue weighted by Crippen LogP contribution is -2.49. The van der Waals surface area contributed by atoms with Gasteiger partial charge in [-0.3, -0.25) is 14.6 Å². The van der Waals surface area contributed by atoms with E-state index in [1.165, 1.54) is 44.3 Å². The molecule has 2 aromatic carbocycles. The molecule has 39 heavy (non-hydrogen) atoms. The number of hydrogen-bond acceptors (Lipinski definition) is 9. The first-order chi connectivity index (χ1) is 18.7. The smallest absolute Gasteiger partial charge is 0.416 e. The topological polar surface area (TPSA) is 93.3 Å². The van der Waals surface area contributed by atoms with Gasteiger partial charge in [0.1, 0.15) is 5.82 Å². The molecule has 0 saturated carbocycles. The standard InChI is InChI=1S/C26H31FN4O7S/c1-28(26(39)37-5)22-15-31(25(33)38-22)17-6-7-19(18(27)14-17)29-8-10-30(11-9-29)24(32)16-12-20(34-2)23(36-4)21(13-16)35-3/h6-7,12-14,22H,8-11,15H2,1-5H3. The monoisotopic (exact) mass is 562 g/mol. The number of rotatable bonds is 7. The van der Waals surface area contributed by atoms with Crippen molar-refractivity contribution in [3.8, 4) is 17.2 Å². The van der Waals surface area contributed by atoms with Gasteiger partial charge < -0.3 is 33.5 Å². The van der Waals surface area contributed by atoms with E-state index in [1.807, 2.05) is 4.90 Å². The van der Waals surface area contributed by atoms with Crippen molar-refractivity contribution >= 4 is 40.8 Å². The predicted molar refractivity (Wildman–Crippen MR) is 146 cm³/mol. The molecule has 0 radical (unpaired) electrons. The molecule has 1 atom stereocenters. The molecule has 13 heteroatoms. The van der Waals surface area contributed by atoms with E-state index < -0.39 is 18.1 Å². The first kappa shape index (κ1) is 28.0. The molecule has 2 fully saturated rings. The molecular weight excluding hydrogens is 531 g/mol. The van der Waals surface area contributed by atoms with Crippen LogP contribution in [-0.4, -0.2) is 101 Å². The second-order valence-corrected chi connectivity index (χ2v) is 9.21. The number of likely N-dealkylation sites (N-methyl/N-ethyl adjacent to an activating group) is 1. The quantitative estimate of drug-likeness (QED) is 0.469. The Hall–Kier alpha value is -4.00. The molecule has 2 heterocycles. The molecule has 210 valence electrons. The van der Waals surface area contributed by atoms with Gasteiger partial charge in [-0.05, 0) is 42.5 Å². The average molecular weight is 563 g/mol. The number of halogens is 1. The van der Waals surface area contributed by atoms with Crippen LogP contribution in [0.5, 0.6) is 17.2 Å². The van der Waals surface area contributed by atoms with Gasteiger partial charge in [-0.15, -0.1) is 0 Å². The Morgan fingerprint density at radius 1 is 1.03 bits per heavy atom. The van der Waals surface area contributed by atoms with Crippen LogP contribution in [0.3, 0.4) is 0 Å². The highest BCUT2D eigenvalue weighted by Gasteiger charge is 2.36. The van der Waals surface area contributed by atoms with E-state index in [9.17, 15) is 9.59 Å². The van der Waals surface area contributed by atoms with Gasteiger partial charge in [-0.1, -0.05) is 0 Å². The highest BCUT2D eigenvalue weighted by molar-refractivity contribution is 7.80. The summed E-state index contributed by atoms with van der Waals surface area (Å²) in [5.41, 5.74) is 1.17. The fraction of sp³-hybridized carbons (Fsp3) is 0.423. The summed E-state index contributed by atoms with van der Waals surface area (Å²) in [6, 6.07) is 7.84. The number of carbonyl (C=O) groups excluding carboxylic acids is 2. The molecule has 4 rings (SSSR count). The van der Waals surface area contributed by atoms with Crippen molar-refractivity contribution in [3.63, 3.8) is 0 Å². The largest absolute Gasteiger partial charge is 0.493 e. The number of methoxy groups -OCH3 is 4. The Morgan fingerprint density at radius 2 is 1.67 bits per heavy atom. The Kier molecular flexibility index (Phi) is 8.48. The maximum absolute atomic E-state index is 15.2. The van der Waals surface area contributed by atoms with Crippen LogP contribution in [0.1, 0.15) is 10.4 Å². The number of thiocarbonyl (C=S) groups is 1. The van der Waals surface area contributed by atoms with E-state index in [1.54, 1.807) is 36.2 Å². The van der Waals surface area contributed by atoms with E-state index in [2.05, 4.69) is 0 Å². The summed E-state index contributed by atoms with van der Waals surface area (Å²) in [6.07, 6.45) is -1.25. The van der Waals surface area contributed by atoms with Crippen molar-refractivity contribution in [2.24, 2.45) is 0 Å². The third kappa shape index (κ3) is 5.58.